The highest BCUT2D eigenvalue weighted by atomic mass is 79.9. The van der Waals surface area contributed by atoms with Gasteiger partial charge in [-0.25, -0.2) is 4.98 Å². The molecule has 0 bridgehead atoms. The zero-order valence-corrected chi connectivity index (χ0v) is 14.4. The van der Waals surface area contributed by atoms with Crippen molar-refractivity contribution in [3.8, 4) is 0 Å². The Morgan fingerprint density at radius 3 is 2.79 bits per heavy atom. The molecule has 0 atom stereocenters. The summed E-state index contributed by atoms with van der Waals surface area (Å²) in [5, 5.41) is 5.99. The number of rotatable bonds is 6. The first kappa shape index (κ1) is 16.3. The van der Waals surface area contributed by atoms with Crippen molar-refractivity contribution in [1.29, 1.82) is 0 Å². The van der Waals surface area contributed by atoms with E-state index in [0.29, 0.717) is 18.8 Å². The molecule has 6 heteroatoms. The fourth-order valence-electron chi connectivity index (χ4n) is 2.19. The van der Waals surface area contributed by atoms with Crippen LogP contribution in [0.3, 0.4) is 0 Å². The lowest BCUT2D eigenvalue weighted by Gasteiger charge is -2.07. The van der Waals surface area contributed by atoms with E-state index in [2.05, 4.69) is 31.5 Å². The minimum Gasteiger partial charge on any atom is -0.467 e. The number of amides is 1. The number of hydrogen-bond donors (Lipinski definition) is 2. The molecule has 122 valence electrons. The molecule has 0 aliphatic heterocycles. The van der Waals surface area contributed by atoms with E-state index >= 15 is 0 Å². The summed E-state index contributed by atoms with van der Waals surface area (Å²) in [5.41, 5.74) is 1.80. The van der Waals surface area contributed by atoms with Crippen LogP contribution in [0.2, 0.25) is 0 Å². The topological polar surface area (TPSA) is 67.2 Å². The zero-order valence-electron chi connectivity index (χ0n) is 12.8. The normalized spacial score (nSPS) is 10.4. The Labute approximate surface area is 148 Å². The quantitative estimate of drug-likeness (QED) is 0.666. The second-order valence-electron chi connectivity index (χ2n) is 5.22. The number of carbonyl (C=O) groups excluding carboxylic acids is 1. The van der Waals surface area contributed by atoms with Gasteiger partial charge in [0.05, 0.1) is 31.1 Å². The molecule has 0 radical (unpaired) electrons. The van der Waals surface area contributed by atoms with Crippen LogP contribution in [0.5, 0.6) is 0 Å². The number of anilines is 2. The molecule has 0 saturated heterocycles. The first-order valence-electron chi connectivity index (χ1n) is 7.46. The maximum Gasteiger partial charge on any atom is 0.229 e. The Balaban J connectivity index is 1.52. The van der Waals surface area contributed by atoms with Crippen molar-refractivity contribution in [3.05, 3.63) is 76.8 Å². The predicted octanol–water partition coefficient (Wildman–Crippen LogP) is 4.23. The molecule has 2 heterocycles. The van der Waals surface area contributed by atoms with Gasteiger partial charge < -0.3 is 15.1 Å². The highest BCUT2D eigenvalue weighted by Gasteiger charge is 2.05. The van der Waals surface area contributed by atoms with Gasteiger partial charge in [0.15, 0.2) is 0 Å². The Morgan fingerprint density at radius 1 is 1.17 bits per heavy atom. The Bertz CT molecular complexity index is 801. The van der Waals surface area contributed by atoms with Crippen LogP contribution in [0, 0.1) is 0 Å². The molecule has 0 aliphatic rings. The van der Waals surface area contributed by atoms with Gasteiger partial charge in [0.2, 0.25) is 5.91 Å². The molecule has 0 fully saturated rings. The van der Waals surface area contributed by atoms with Crippen molar-refractivity contribution >= 4 is 33.3 Å². The summed E-state index contributed by atoms with van der Waals surface area (Å²) >= 11 is 3.40. The Kier molecular flexibility index (Phi) is 5.28. The van der Waals surface area contributed by atoms with Crippen LogP contribution in [0.4, 0.5) is 11.5 Å². The summed E-state index contributed by atoms with van der Waals surface area (Å²) in [5.74, 6) is 1.27. The Hall–Kier alpha value is -2.60. The van der Waals surface area contributed by atoms with Gasteiger partial charge in [-0.3, -0.25) is 4.79 Å². The van der Waals surface area contributed by atoms with Crippen molar-refractivity contribution in [2.24, 2.45) is 0 Å². The summed E-state index contributed by atoms with van der Waals surface area (Å²) in [7, 11) is 0. The number of halogens is 1. The molecule has 24 heavy (non-hydrogen) atoms. The van der Waals surface area contributed by atoms with E-state index in [1.54, 1.807) is 18.5 Å². The van der Waals surface area contributed by atoms with E-state index in [0.717, 1.165) is 21.5 Å². The molecule has 0 aliphatic carbocycles. The monoisotopic (exact) mass is 385 g/mol. The molecule has 0 saturated carbocycles. The molecular formula is C18H16BrN3O2. The summed E-state index contributed by atoms with van der Waals surface area (Å²) in [6.07, 6.45) is 3.62. The third-order valence-corrected chi connectivity index (χ3v) is 3.82. The number of carbonyl (C=O) groups is 1. The van der Waals surface area contributed by atoms with Gasteiger partial charge in [-0.1, -0.05) is 28.1 Å². The number of benzene rings is 1. The smallest absolute Gasteiger partial charge is 0.229 e. The average molecular weight is 386 g/mol. The molecule has 3 aromatic rings. The number of pyridine rings is 1. The minimum atomic E-state index is -0.100. The van der Waals surface area contributed by atoms with Crippen LogP contribution < -0.4 is 10.6 Å². The van der Waals surface area contributed by atoms with Crippen molar-refractivity contribution < 1.29 is 9.21 Å². The van der Waals surface area contributed by atoms with Crippen molar-refractivity contribution in [1.82, 2.24) is 4.98 Å². The fourth-order valence-corrected chi connectivity index (χ4v) is 2.64. The van der Waals surface area contributed by atoms with Crippen LogP contribution in [-0.2, 0) is 17.8 Å². The fraction of sp³-hybridized carbons (Fsp3) is 0.111. The van der Waals surface area contributed by atoms with Gasteiger partial charge in [-0.2, -0.15) is 0 Å². The van der Waals surface area contributed by atoms with E-state index in [1.165, 1.54) is 0 Å². The summed E-state index contributed by atoms with van der Waals surface area (Å²) in [6.45, 7) is 0.587. The van der Waals surface area contributed by atoms with Crippen LogP contribution in [0.25, 0.3) is 0 Å². The lowest BCUT2D eigenvalue weighted by Crippen LogP contribution is -2.15. The van der Waals surface area contributed by atoms with Gasteiger partial charge >= 0.3 is 0 Å². The van der Waals surface area contributed by atoms with Gasteiger partial charge in [0.1, 0.15) is 11.6 Å². The average Bonchev–Trinajstić information content (AvgIpc) is 3.07. The van der Waals surface area contributed by atoms with E-state index in [-0.39, 0.29) is 5.91 Å². The lowest BCUT2D eigenvalue weighted by atomic mass is 10.1. The molecule has 2 N–H and O–H groups in total. The zero-order chi connectivity index (χ0) is 16.8. The van der Waals surface area contributed by atoms with Crippen molar-refractivity contribution in [2.75, 3.05) is 10.6 Å². The molecule has 5 nitrogen and oxygen atoms in total. The number of nitrogens with zero attached hydrogens (tertiary/aromatic N) is 1. The molecule has 3 rings (SSSR count). The highest BCUT2D eigenvalue weighted by molar-refractivity contribution is 9.10. The number of nitrogens with one attached hydrogen (secondary N) is 2. The first-order chi connectivity index (χ1) is 11.7. The maximum absolute atomic E-state index is 12.1. The van der Waals surface area contributed by atoms with Crippen molar-refractivity contribution in [2.45, 2.75) is 13.0 Å². The second kappa shape index (κ2) is 7.79. The maximum atomic E-state index is 12.1. The molecular weight excluding hydrogens is 370 g/mol. The van der Waals surface area contributed by atoms with Crippen LogP contribution in [0.15, 0.2) is 69.9 Å². The van der Waals surface area contributed by atoms with Crippen LogP contribution in [-0.4, -0.2) is 10.9 Å². The first-order valence-corrected chi connectivity index (χ1v) is 8.25. The SMILES string of the molecule is O=C(Cc1cccc(Br)c1)Nc1ccc(NCc2ccco2)cn1. The van der Waals surface area contributed by atoms with Crippen LogP contribution in [0.1, 0.15) is 11.3 Å². The van der Waals surface area contributed by atoms with E-state index < -0.39 is 0 Å². The standard InChI is InChI=1S/C18H16BrN3O2/c19-14-4-1-3-13(9-14)10-18(23)22-17-7-6-15(11-21-17)20-12-16-5-2-8-24-16/h1-9,11,20H,10,12H2,(H,21,22,23). The molecule has 1 amide bonds. The molecule has 0 spiro atoms. The third-order valence-electron chi connectivity index (χ3n) is 3.33. The minimum absolute atomic E-state index is 0.100. The van der Waals surface area contributed by atoms with Gasteiger partial charge in [0, 0.05) is 4.47 Å². The van der Waals surface area contributed by atoms with E-state index in [1.807, 2.05) is 42.5 Å². The van der Waals surface area contributed by atoms with Crippen molar-refractivity contribution in [3.63, 3.8) is 0 Å². The lowest BCUT2D eigenvalue weighted by molar-refractivity contribution is -0.115. The summed E-state index contributed by atoms with van der Waals surface area (Å²) < 4.78 is 6.21. The van der Waals surface area contributed by atoms with E-state index in [4.69, 9.17) is 4.42 Å². The van der Waals surface area contributed by atoms with Gasteiger partial charge in [-0.15, -0.1) is 0 Å². The van der Waals surface area contributed by atoms with E-state index in [9.17, 15) is 4.79 Å². The molecule has 2 aromatic heterocycles. The number of aromatic nitrogens is 1. The Morgan fingerprint density at radius 2 is 2.08 bits per heavy atom. The molecule has 1 aromatic carbocycles. The summed E-state index contributed by atoms with van der Waals surface area (Å²) in [4.78, 5) is 16.3. The van der Waals surface area contributed by atoms with Gasteiger partial charge in [0.25, 0.3) is 0 Å². The van der Waals surface area contributed by atoms with Crippen LogP contribution >= 0.6 is 15.9 Å². The number of furan rings is 1. The predicted molar refractivity (Wildman–Crippen MR) is 96.7 cm³/mol. The molecule has 0 unspecified atom stereocenters. The summed E-state index contributed by atoms with van der Waals surface area (Å²) in [6, 6.07) is 15.1. The highest BCUT2D eigenvalue weighted by Crippen LogP contribution is 2.14. The van der Waals surface area contributed by atoms with Gasteiger partial charge in [-0.05, 0) is 42.0 Å². The number of hydrogen-bond acceptors (Lipinski definition) is 4. The third kappa shape index (κ3) is 4.70. The second-order valence-corrected chi connectivity index (χ2v) is 6.14. The largest absolute Gasteiger partial charge is 0.467 e.